The molecule has 0 bridgehead atoms. The van der Waals surface area contributed by atoms with Crippen LogP contribution in [0.25, 0.3) is 0 Å². The molecule has 1 aromatic heterocycles. The molecule has 2 aliphatic rings. The maximum atomic E-state index is 5.47. The van der Waals surface area contributed by atoms with Crippen molar-refractivity contribution in [2.45, 2.75) is 44.1 Å². The van der Waals surface area contributed by atoms with E-state index in [4.69, 9.17) is 17.0 Å². The van der Waals surface area contributed by atoms with Crippen molar-refractivity contribution in [2.75, 3.05) is 12.4 Å². The lowest BCUT2D eigenvalue weighted by Gasteiger charge is -2.32. The third-order valence-electron chi connectivity index (χ3n) is 4.42. The highest BCUT2D eigenvalue weighted by molar-refractivity contribution is 7.80. The molecule has 2 aliphatic carbocycles. The molecule has 0 aromatic carbocycles. The first-order valence-corrected chi connectivity index (χ1v) is 7.72. The van der Waals surface area contributed by atoms with Gasteiger partial charge < -0.3 is 15.4 Å². The van der Waals surface area contributed by atoms with Crippen LogP contribution in [0.3, 0.4) is 0 Å². The van der Waals surface area contributed by atoms with Gasteiger partial charge >= 0.3 is 0 Å². The molecule has 108 valence electrons. The molecule has 2 fully saturated rings. The van der Waals surface area contributed by atoms with Crippen LogP contribution in [0.1, 0.15) is 38.5 Å². The molecule has 1 aromatic rings. The van der Waals surface area contributed by atoms with Crippen LogP contribution >= 0.6 is 12.2 Å². The highest BCUT2D eigenvalue weighted by Gasteiger charge is 2.47. The van der Waals surface area contributed by atoms with Crippen LogP contribution in [-0.4, -0.2) is 22.7 Å². The van der Waals surface area contributed by atoms with E-state index in [1.165, 1.54) is 38.5 Å². The van der Waals surface area contributed by atoms with Gasteiger partial charge in [-0.05, 0) is 49.9 Å². The van der Waals surface area contributed by atoms with Crippen molar-refractivity contribution in [1.82, 2.24) is 10.3 Å². The number of nitrogens with zero attached hydrogens (tertiary/aromatic N) is 1. The first-order chi connectivity index (χ1) is 9.72. The van der Waals surface area contributed by atoms with E-state index in [2.05, 4.69) is 15.6 Å². The Labute approximate surface area is 125 Å². The van der Waals surface area contributed by atoms with Gasteiger partial charge in [0.15, 0.2) is 5.11 Å². The number of pyridine rings is 1. The van der Waals surface area contributed by atoms with Crippen molar-refractivity contribution in [3.05, 3.63) is 18.3 Å². The number of nitrogens with one attached hydrogen (secondary N) is 2. The van der Waals surface area contributed by atoms with Gasteiger partial charge in [0.1, 0.15) is 0 Å². The summed E-state index contributed by atoms with van der Waals surface area (Å²) in [4.78, 5) is 4.17. The Balaban J connectivity index is 1.61. The van der Waals surface area contributed by atoms with Crippen LogP contribution in [0.2, 0.25) is 0 Å². The van der Waals surface area contributed by atoms with Gasteiger partial charge in [0, 0.05) is 11.6 Å². The summed E-state index contributed by atoms with van der Waals surface area (Å²) in [5, 5.41) is 7.54. The monoisotopic (exact) mass is 291 g/mol. The molecule has 0 radical (unpaired) electrons. The van der Waals surface area contributed by atoms with E-state index in [0.29, 0.717) is 11.0 Å². The summed E-state index contributed by atoms with van der Waals surface area (Å²) >= 11 is 5.47. The van der Waals surface area contributed by atoms with Crippen molar-refractivity contribution in [2.24, 2.45) is 5.92 Å². The Morgan fingerprint density at radius 2 is 2.10 bits per heavy atom. The zero-order chi connectivity index (χ0) is 14.0. The standard InChI is InChI=1S/C15H21N3OS/c1-19-13-7-6-12(10-16-13)17-14(20)18-15(11-4-5-11)8-2-3-9-15/h6-7,10-11H,2-5,8-9H2,1H3,(H2,17,18,20). The molecule has 0 saturated heterocycles. The lowest BCUT2D eigenvalue weighted by molar-refractivity contribution is 0.340. The fourth-order valence-corrected chi connectivity index (χ4v) is 3.56. The third-order valence-corrected chi connectivity index (χ3v) is 4.62. The average Bonchev–Trinajstić information content (AvgIpc) is 3.22. The van der Waals surface area contributed by atoms with E-state index in [-0.39, 0.29) is 5.54 Å². The molecule has 2 saturated carbocycles. The minimum atomic E-state index is 0.254. The zero-order valence-corrected chi connectivity index (χ0v) is 12.6. The lowest BCUT2D eigenvalue weighted by atomic mass is 9.91. The zero-order valence-electron chi connectivity index (χ0n) is 11.8. The van der Waals surface area contributed by atoms with E-state index in [9.17, 15) is 0 Å². The second kappa shape index (κ2) is 5.56. The average molecular weight is 291 g/mol. The minimum absolute atomic E-state index is 0.254. The van der Waals surface area contributed by atoms with Crippen LogP contribution in [0, 0.1) is 5.92 Å². The number of hydrogen-bond acceptors (Lipinski definition) is 3. The number of methoxy groups -OCH3 is 1. The molecule has 0 aliphatic heterocycles. The molecule has 0 unspecified atom stereocenters. The molecular weight excluding hydrogens is 270 g/mol. The molecule has 5 heteroatoms. The second-order valence-corrected chi connectivity index (χ2v) is 6.21. The molecule has 0 amide bonds. The predicted molar refractivity (Wildman–Crippen MR) is 84.1 cm³/mol. The summed E-state index contributed by atoms with van der Waals surface area (Å²) < 4.78 is 5.05. The fourth-order valence-electron chi connectivity index (χ4n) is 3.24. The molecule has 2 N–H and O–H groups in total. The first-order valence-electron chi connectivity index (χ1n) is 7.31. The maximum Gasteiger partial charge on any atom is 0.213 e. The van der Waals surface area contributed by atoms with Crippen LogP contribution in [-0.2, 0) is 0 Å². The largest absolute Gasteiger partial charge is 0.481 e. The van der Waals surface area contributed by atoms with Gasteiger partial charge in [0.05, 0.1) is 19.0 Å². The van der Waals surface area contributed by atoms with Gasteiger partial charge in [-0.2, -0.15) is 0 Å². The number of aromatic nitrogens is 1. The van der Waals surface area contributed by atoms with Crippen LogP contribution in [0.15, 0.2) is 18.3 Å². The number of hydrogen-bond donors (Lipinski definition) is 2. The first kappa shape index (κ1) is 13.6. The van der Waals surface area contributed by atoms with E-state index >= 15 is 0 Å². The lowest BCUT2D eigenvalue weighted by Crippen LogP contribution is -2.49. The number of thiocarbonyl (C=S) groups is 1. The summed E-state index contributed by atoms with van der Waals surface area (Å²) in [7, 11) is 1.61. The minimum Gasteiger partial charge on any atom is -0.481 e. The molecule has 0 spiro atoms. The van der Waals surface area contributed by atoms with E-state index in [0.717, 1.165) is 11.6 Å². The second-order valence-electron chi connectivity index (χ2n) is 5.81. The predicted octanol–water partition coefficient (Wildman–Crippen LogP) is 3.10. The smallest absolute Gasteiger partial charge is 0.213 e. The Hall–Kier alpha value is -1.36. The molecule has 0 atom stereocenters. The van der Waals surface area contributed by atoms with Crippen molar-refractivity contribution in [3.8, 4) is 5.88 Å². The summed E-state index contributed by atoms with van der Waals surface area (Å²) in [5.74, 6) is 1.43. The SMILES string of the molecule is COc1ccc(NC(=S)NC2(C3CC3)CCCC2)cn1. The van der Waals surface area contributed by atoms with Gasteiger partial charge in [-0.1, -0.05) is 12.8 Å². The summed E-state index contributed by atoms with van der Waals surface area (Å²) in [6.07, 6.45) is 9.57. The summed E-state index contributed by atoms with van der Waals surface area (Å²) in [6, 6.07) is 3.76. The Bertz CT molecular complexity index is 478. The van der Waals surface area contributed by atoms with Crippen molar-refractivity contribution in [1.29, 1.82) is 0 Å². The maximum absolute atomic E-state index is 5.47. The Morgan fingerprint density at radius 1 is 1.35 bits per heavy atom. The normalized spacial score (nSPS) is 20.4. The molecule has 3 rings (SSSR count). The van der Waals surface area contributed by atoms with Gasteiger partial charge in [-0.25, -0.2) is 4.98 Å². The highest BCUT2D eigenvalue weighted by atomic mass is 32.1. The number of anilines is 1. The van der Waals surface area contributed by atoms with Crippen molar-refractivity contribution < 1.29 is 4.74 Å². The molecule has 20 heavy (non-hydrogen) atoms. The number of rotatable bonds is 4. The molecule has 1 heterocycles. The third kappa shape index (κ3) is 2.87. The van der Waals surface area contributed by atoms with Crippen molar-refractivity contribution >= 4 is 23.0 Å². The number of ether oxygens (including phenoxy) is 1. The van der Waals surface area contributed by atoms with Crippen LogP contribution in [0.4, 0.5) is 5.69 Å². The van der Waals surface area contributed by atoms with E-state index in [1.54, 1.807) is 13.3 Å². The summed E-state index contributed by atoms with van der Waals surface area (Å²) in [6.45, 7) is 0. The van der Waals surface area contributed by atoms with Gasteiger partial charge in [0.25, 0.3) is 0 Å². The van der Waals surface area contributed by atoms with Gasteiger partial charge in [-0.15, -0.1) is 0 Å². The topological polar surface area (TPSA) is 46.2 Å². The fraction of sp³-hybridized carbons (Fsp3) is 0.600. The Morgan fingerprint density at radius 3 is 2.65 bits per heavy atom. The summed E-state index contributed by atoms with van der Waals surface area (Å²) in [5.41, 5.74) is 1.15. The Kier molecular flexibility index (Phi) is 3.78. The van der Waals surface area contributed by atoms with Crippen molar-refractivity contribution in [3.63, 3.8) is 0 Å². The quantitative estimate of drug-likeness (QED) is 0.835. The van der Waals surface area contributed by atoms with Crippen LogP contribution in [0.5, 0.6) is 5.88 Å². The van der Waals surface area contributed by atoms with E-state index in [1.807, 2.05) is 12.1 Å². The van der Waals surface area contributed by atoms with Gasteiger partial charge in [-0.3, -0.25) is 0 Å². The van der Waals surface area contributed by atoms with Gasteiger partial charge in [0.2, 0.25) is 5.88 Å². The molecular formula is C15H21N3OS. The van der Waals surface area contributed by atoms with E-state index < -0.39 is 0 Å². The van der Waals surface area contributed by atoms with Crippen LogP contribution < -0.4 is 15.4 Å². The molecule has 4 nitrogen and oxygen atoms in total. The highest BCUT2D eigenvalue weighted by Crippen LogP contribution is 2.48.